The molecule has 0 heterocycles. The molecule has 1 unspecified atom stereocenters. The van der Waals surface area contributed by atoms with Gasteiger partial charge >= 0.3 is 0 Å². The van der Waals surface area contributed by atoms with Gasteiger partial charge in [0.15, 0.2) is 0 Å². The molecular formula is C15H23BrFNO. The second-order valence-corrected chi connectivity index (χ2v) is 5.58. The van der Waals surface area contributed by atoms with Crippen LogP contribution in [-0.4, -0.2) is 19.8 Å². The minimum Gasteiger partial charge on any atom is -0.381 e. The second-order valence-electron chi connectivity index (χ2n) is 4.66. The Morgan fingerprint density at radius 2 is 2.05 bits per heavy atom. The maximum Gasteiger partial charge on any atom is 0.129 e. The monoisotopic (exact) mass is 331 g/mol. The van der Waals surface area contributed by atoms with Gasteiger partial charge in [0.05, 0.1) is 0 Å². The number of nitrogens with one attached hydrogen (secondary N) is 1. The Morgan fingerprint density at radius 3 is 2.74 bits per heavy atom. The molecule has 0 saturated carbocycles. The van der Waals surface area contributed by atoms with Gasteiger partial charge in [-0.2, -0.15) is 0 Å². The summed E-state index contributed by atoms with van der Waals surface area (Å²) in [5.41, 5.74) is 0.704. The van der Waals surface area contributed by atoms with Gasteiger partial charge in [-0.3, -0.25) is 0 Å². The molecule has 4 heteroatoms. The quantitative estimate of drug-likeness (QED) is 0.675. The summed E-state index contributed by atoms with van der Waals surface area (Å²) in [6.45, 7) is 6.57. The summed E-state index contributed by atoms with van der Waals surface area (Å²) in [5, 5.41) is 3.31. The summed E-state index contributed by atoms with van der Waals surface area (Å²) in [6.07, 6.45) is 3.23. The Hall–Kier alpha value is -0.450. The smallest absolute Gasteiger partial charge is 0.129 e. The van der Waals surface area contributed by atoms with Crippen LogP contribution in [0.3, 0.4) is 0 Å². The topological polar surface area (TPSA) is 21.3 Å². The van der Waals surface area contributed by atoms with Crippen molar-refractivity contribution in [1.29, 1.82) is 0 Å². The maximum atomic E-state index is 13.7. The molecule has 1 aromatic carbocycles. The molecule has 2 nitrogen and oxygen atoms in total. The Balaban J connectivity index is 2.22. The zero-order valence-electron chi connectivity index (χ0n) is 11.7. The SMILES string of the molecule is CCCCOCCCNC(C)c1ccc(Br)cc1F. The molecule has 1 rings (SSSR count). The van der Waals surface area contributed by atoms with Gasteiger partial charge in [0.25, 0.3) is 0 Å². The molecule has 19 heavy (non-hydrogen) atoms. The van der Waals surface area contributed by atoms with E-state index in [2.05, 4.69) is 28.2 Å². The van der Waals surface area contributed by atoms with Gasteiger partial charge in [-0.05, 0) is 38.4 Å². The number of hydrogen-bond donors (Lipinski definition) is 1. The fourth-order valence-corrected chi connectivity index (χ4v) is 2.14. The van der Waals surface area contributed by atoms with Crippen LogP contribution in [0.15, 0.2) is 22.7 Å². The lowest BCUT2D eigenvalue weighted by Crippen LogP contribution is -2.21. The first-order chi connectivity index (χ1) is 9.15. The van der Waals surface area contributed by atoms with Crippen molar-refractivity contribution < 1.29 is 9.13 Å². The fourth-order valence-electron chi connectivity index (χ4n) is 1.80. The predicted molar refractivity (Wildman–Crippen MR) is 80.9 cm³/mol. The summed E-state index contributed by atoms with van der Waals surface area (Å²) in [5.74, 6) is -0.173. The van der Waals surface area contributed by atoms with Crippen LogP contribution >= 0.6 is 15.9 Å². The third-order valence-electron chi connectivity index (χ3n) is 2.99. The van der Waals surface area contributed by atoms with Gasteiger partial charge in [0.2, 0.25) is 0 Å². The van der Waals surface area contributed by atoms with Crippen molar-refractivity contribution in [3.63, 3.8) is 0 Å². The van der Waals surface area contributed by atoms with Crippen LogP contribution in [0.4, 0.5) is 4.39 Å². The summed E-state index contributed by atoms with van der Waals surface area (Å²) in [7, 11) is 0. The van der Waals surface area contributed by atoms with Crippen molar-refractivity contribution in [3.8, 4) is 0 Å². The first-order valence-corrected chi connectivity index (χ1v) is 7.70. The molecule has 1 N–H and O–H groups in total. The van der Waals surface area contributed by atoms with E-state index in [0.29, 0.717) is 5.56 Å². The highest BCUT2D eigenvalue weighted by atomic mass is 79.9. The molecule has 0 saturated heterocycles. The molecule has 0 aromatic heterocycles. The van der Waals surface area contributed by atoms with Crippen LogP contribution in [0, 0.1) is 5.82 Å². The van der Waals surface area contributed by atoms with Crippen molar-refractivity contribution in [2.24, 2.45) is 0 Å². The molecule has 1 atom stereocenters. The molecule has 0 bridgehead atoms. The van der Waals surface area contributed by atoms with E-state index in [-0.39, 0.29) is 11.9 Å². The zero-order chi connectivity index (χ0) is 14.1. The predicted octanol–water partition coefficient (Wildman–Crippen LogP) is 4.45. The van der Waals surface area contributed by atoms with E-state index in [4.69, 9.17) is 4.74 Å². The third kappa shape index (κ3) is 6.50. The highest BCUT2D eigenvalue weighted by Crippen LogP contribution is 2.20. The van der Waals surface area contributed by atoms with E-state index in [1.165, 1.54) is 6.07 Å². The Labute approximate surface area is 123 Å². The van der Waals surface area contributed by atoms with Crippen molar-refractivity contribution >= 4 is 15.9 Å². The summed E-state index contributed by atoms with van der Waals surface area (Å²) in [4.78, 5) is 0. The Morgan fingerprint density at radius 1 is 1.32 bits per heavy atom. The lowest BCUT2D eigenvalue weighted by atomic mass is 10.1. The van der Waals surface area contributed by atoms with Gasteiger partial charge in [-0.25, -0.2) is 4.39 Å². The van der Waals surface area contributed by atoms with Gasteiger partial charge in [0.1, 0.15) is 5.82 Å². The average molecular weight is 332 g/mol. The number of unbranched alkanes of at least 4 members (excludes halogenated alkanes) is 1. The molecule has 1 aromatic rings. The van der Waals surface area contributed by atoms with Gasteiger partial charge in [0, 0.05) is 29.3 Å². The van der Waals surface area contributed by atoms with Crippen molar-refractivity contribution in [2.45, 2.75) is 39.2 Å². The number of hydrogen-bond acceptors (Lipinski definition) is 2. The Bertz CT molecular complexity index is 373. The Kier molecular flexibility index (Phi) is 8.26. The maximum absolute atomic E-state index is 13.7. The molecule has 0 fully saturated rings. The highest BCUT2D eigenvalue weighted by Gasteiger charge is 2.10. The van der Waals surface area contributed by atoms with Crippen LogP contribution in [0.5, 0.6) is 0 Å². The highest BCUT2D eigenvalue weighted by molar-refractivity contribution is 9.10. The van der Waals surface area contributed by atoms with Crippen LogP contribution in [0.2, 0.25) is 0 Å². The van der Waals surface area contributed by atoms with E-state index in [0.717, 1.165) is 43.5 Å². The summed E-state index contributed by atoms with van der Waals surface area (Å²) < 4.78 is 20.0. The molecule has 0 spiro atoms. The van der Waals surface area contributed by atoms with Crippen LogP contribution in [0.25, 0.3) is 0 Å². The molecule has 0 amide bonds. The van der Waals surface area contributed by atoms with E-state index >= 15 is 0 Å². The number of halogens is 2. The summed E-state index contributed by atoms with van der Waals surface area (Å²) >= 11 is 3.26. The fraction of sp³-hybridized carbons (Fsp3) is 0.600. The van der Waals surface area contributed by atoms with Gasteiger partial charge in [-0.1, -0.05) is 35.3 Å². The summed E-state index contributed by atoms with van der Waals surface area (Å²) in [6, 6.07) is 5.20. The van der Waals surface area contributed by atoms with E-state index in [1.54, 1.807) is 0 Å². The molecule has 0 aliphatic heterocycles. The zero-order valence-corrected chi connectivity index (χ0v) is 13.3. The molecular weight excluding hydrogens is 309 g/mol. The second kappa shape index (κ2) is 9.45. The lowest BCUT2D eigenvalue weighted by Gasteiger charge is -2.15. The van der Waals surface area contributed by atoms with Crippen LogP contribution < -0.4 is 5.32 Å². The standard InChI is InChI=1S/C15H23BrFNO/c1-3-4-9-19-10-5-8-18-12(2)14-7-6-13(16)11-15(14)17/h6-7,11-12,18H,3-5,8-10H2,1-2H3. The van der Waals surface area contributed by atoms with Crippen molar-refractivity contribution in [2.75, 3.05) is 19.8 Å². The molecule has 0 aliphatic rings. The lowest BCUT2D eigenvalue weighted by molar-refractivity contribution is 0.128. The molecule has 0 radical (unpaired) electrons. The van der Waals surface area contributed by atoms with Crippen LogP contribution in [0.1, 0.15) is 44.7 Å². The first-order valence-electron chi connectivity index (χ1n) is 6.91. The van der Waals surface area contributed by atoms with E-state index in [1.807, 2.05) is 19.1 Å². The van der Waals surface area contributed by atoms with Crippen molar-refractivity contribution in [3.05, 3.63) is 34.1 Å². The van der Waals surface area contributed by atoms with Gasteiger partial charge < -0.3 is 10.1 Å². The average Bonchev–Trinajstić information content (AvgIpc) is 2.37. The van der Waals surface area contributed by atoms with Gasteiger partial charge in [-0.15, -0.1) is 0 Å². The van der Waals surface area contributed by atoms with E-state index in [9.17, 15) is 4.39 Å². The first kappa shape index (κ1) is 16.6. The minimum absolute atomic E-state index is 0.0174. The largest absolute Gasteiger partial charge is 0.381 e. The molecule has 108 valence electrons. The minimum atomic E-state index is -0.173. The normalized spacial score (nSPS) is 12.6. The third-order valence-corrected chi connectivity index (χ3v) is 3.48. The van der Waals surface area contributed by atoms with Crippen LogP contribution in [-0.2, 0) is 4.74 Å². The number of rotatable bonds is 9. The molecule has 0 aliphatic carbocycles. The van der Waals surface area contributed by atoms with Crippen molar-refractivity contribution in [1.82, 2.24) is 5.32 Å². The van der Waals surface area contributed by atoms with E-state index < -0.39 is 0 Å². The number of ether oxygens (including phenoxy) is 1. The number of benzene rings is 1.